The van der Waals surface area contributed by atoms with Gasteiger partial charge in [-0.05, 0) is 37.0 Å². The fraction of sp³-hybridized carbons (Fsp3) is 0.562. The fourth-order valence-electron chi connectivity index (χ4n) is 1.97. The number of nitrogens with one attached hydrogen (secondary N) is 2. The Morgan fingerprint density at radius 1 is 1.38 bits per heavy atom. The zero-order valence-electron chi connectivity index (χ0n) is 13.0. The van der Waals surface area contributed by atoms with Crippen molar-refractivity contribution in [2.24, 2.45) is 5.92 Å². The molecule has 0 radical (unpaired) electrons. The van der Waals surface area contributed by atoms with E-state index in [1.807, 2.05) is 19.9 Å². The number of amides is 2. The molecule has 2 unspecified atom stereocenters. The molecule has 0 saturated heterocycles. The van der Waals surface area contributed by atoms with Crippen molar-refractivity contribution in [3.8, 4) is 5.75 Å². The zero-order valence-corrected chi connectivity index (χ0v) is 13.0. The first-order valence-corrected chi connectivity index (χ1v) is 7.37. The minimum absolute atomic E-state index is 0.116. The average molecular weight is 294 g/mol. The topological polar surface area (TPSA) is 81.6 Å². The number of hydrogen-bond acceptors (Lipinski definition) is 3. The molecule has 1 aromatic rings. The highest BCUT2D eigenvalue weighted by Crippen LogP contribution is 2.18. The first-order chi connectivity index (χ1) is 9.85. The lowest BCUT2D eigenvalue weighted by Gasteiger charge is -2.29. The van der Waals surface area contributed by atoms with E-state index in [1.54, 1.807) is 25.1 Å². The molecule has 21 heavy (non-hydrogen) atoms. The van der Waals surface area contributed by atoms with Crippen LogP contribution in [0.25, 0.3) is 0 Å². The van der Waals surface area contributed by atoms with Crippen LogP contribution in [-0.4, -0.2) is 34.9 Å². The highest BCUT2D eigenvalue weighted by Gasteiger charge is 2.27. The standard InChI is InChI=1S/C16H26N2O3/c1-4-12(2)16(3,21)11-18-15(20)17-9-8-13-6-5-7-14(19)10-13/h5-7,10,12,19,21H,4,8-9,11H2,1-3H3,(H2,17,18,20). The number of hydrogen-bond donors (Lipinski definition) is 4. The maximum absolute atomic E-state index is 11.7. The SMILES string of the molecule is CCC(C)C(C)(O)CNC(=O)NCCc1cccc(O)c1. The van der Waals surface area contributed by atoms with Crippen molar-refractivity contribution in [3.05, 3.63) is 29.8 Å². The second-order valence-corrected chi connectivity index (χ2v) is 5.70. The molecule has 0 fully saturated rings. The molecular weight excluding hydrogens is 268 g/mol. The van der Waals surface area contributed by atoms with Crippen LogP contribution in [0.2, 0.25) is 0 Å². The molecule has 0 aliphatic rings. The van der Waals surface area contributed by atoms with Gasteiger partial charge in [-0.15, -0.1) is 0 Å². The summed E-state index contributed by atoms with van der Waals surface area (Å²) in [6.07, 6.45) is 1.50. The van der Waals surface area contributed by atoms with Crippen molar-refractivity contribution in [2.45, 2.75) is 39.2 Å². The minimum Gasteiger partial charge on any atom is -0.508 e. The number of phenols is 1. The highest BCUT2D eigenvalue weighted by molar-refractivity contribution is 5.73. The number of phenolic OH excluding ortho intramolecular Hbond substituents is 1. The van der Waals surface area contributed by atoms with Gasteiger partial charge >= 0.3 is 6.03 Å². The normalized spacial score (nSPS) is 15.0. The van der Waals surface area contributed by atoms with Crippen LogP contribution >= 0.6 is 0 Å². The van der Waals surface area contributed by atoms with Crippen LogP contribution in [0.4, 0.5) is 4.79 Å². The molecule has 0 spiro atoms. The van der Waals surface area contributed by atoms with Crippen molar-refractivity contribution < 1.29 is 15.0 Å². The lowest BCUT2D eigenvalue weighted by atomic mass is 9.89. The molecule has 2 amide bonds. The lowest BCUT2D eigenvalue weighted by Crippen LogP contribution is -2.48. The van der Waals surface area contributed by atoms with Crippen molar-refractivity contribution >= 4 is 6.03 Å². The van der Waals surface area contributed by atoms with Crippen LogP contribution in [0.5, 0.6) is 5.75 Å². The van der Waals surface area contributed by atoms with E-state index in [-0.39, 0.29) is 24.2 Å². The van der Waals surface area contributed by atoms with E-state index in [1.165, 1.54) is 0 Å². The van der Waals surface area contributed by atoms with E-state index < -0.39 is 5.60 Å². The number of aromatic hydroxyl groups is 1. The van der Waals surface area contributed by atoms with E-state index in [0.29, 0.717) is 13.0 Å². The van der Waals surface area contributed by atoms with Gasteiger partial charge in [0.15, 0.2) is 0 Å². The van der Waals surface area contributed by atoms with Crippen LogP contribution in [0.3, 0.4) is 0 Å². The summed E-state index contributed by atoms with van der Waals surface area (Å²) in [5.74, 6) is 0.339. The summed E-state index contributed by atoms with van der Waals surface area (Å²) in [7, 11) is 0. The second kappa shape index (κ2) is 7.88. The van der Waals surface area contributed by atoms with Gasteiger partial charge in [0.2, 0.25) is 0 Å². The summed E-state index contributed by atoms with van der Waals surface area (Å²) in [6.45, 7) is 6.39. The Morgan fingerprint density at radius 2 is 2.10 bits per heavy atom. The predicted octanol–water partition coefficient (Wildman–Crippen LogP) is 2.03. The largest absolute Gasteiger partial charge is 0.508 e. The van der Waals surface area contributed by atoms with Gasteiger partial charge in [0.25, 0.3) is 0 Å². The van der Waals surface area contributed by atoms with Crippen molar-refractivity contribution in [3.63, 3.8) is 0 Å². The van der Waals surface area contributed by atoms with E-state index >= 15 is 0 Å². The Morgan fingerprint density at radius 3 is 2.71 bits per heavy atom. The van der Waals surface area contributed by atoms with Crippen LogP contribution in [0, 0.1) is 5.92 Å². The number of benzene rings is 1. The third-order valence-corrected chi connectivity index (χ3v) is 3.89. The third-order valence-electron chi connectivity index (χ3n) is 3.89. The van der Waals surface area contributed by atoms with Crippen molar-refractivity contribution in [1.82, 2.24) is 10.6 Å². The van der Waals surface area contributed by atoms with Crippen LogP contribution in [0.15, 0.2) is 24.3 Å². The number of aliphatic hydroxyl groups is 1. The van der Waals surface area contributed by atoms with Gasteiger partial charge < -0.3 is 20.8 Å². The quantitative estimate of drug-likeness (QED) is 0.621. The maximum Gasteiger partial charge on any atom is 0.314 e. The summed E-state index contributed by atoms with van der Waals surface area (Å²) >= 11 is 0. The van der Waals surface area contributed by atoms with E-state index in [4.69, 9.17) is 0 Å². The first kappa shape index (κ1) is 17.3. The molecule has 4 N–H and O–H groups in total. The molecule has 0 heterocycles. The maximum atomic E-state index is 11.7. The summed E-state index contributed by atoms with van der Waals surface area (Å²) < 4.78 is 0. The van der Waals surface area contributed by atoms with Gasteiger partial charge in [-0.1, -0.05) is 32.4 Å². The number of carbonyl (C=O) groups is 1. The van der Waals surface area contributed by atoms with Gasteiger partial charge in [0, 0.05) is 13.1 Å². The van der Waals surface area contributed by atoms with E-state index in [9.17, 15) is 15.0 Å². The second-order valence-electron chi connectivity index (χ2n) is 5.70. The monoisotopic (exact) mass is 294 g/mol. The van der Waals surface area contributed by atoms with Crippen molar-refractivity contribution in [2.75, 3.05) is 13.1 Å². The van der Waals surface area contributed by atoms with Crippen LogP contribution in [-0.2, 0) is 6.42 Å². The number of carbonyl (C=O) groups excluding carboxylic acids is 1. The average Bonchev–Trinajstić information content (AvgIpc) is 2.44. The Hall–Kier alpha value is -1.75. The van der Waals surface area contributed by atoms with Crippen molar-refractivity contribution in [1.29, 1.82) is 0 Å². The molecule has 0 aliphatic carbocycles. The number of urea groups is 1. The van der Waals surface area contributed by atoms with Gasteiger partial charge in [-0.25, -0.2) is 4.79 Å². The molecule has 0 aromatic heterocycles. The first-order valence-electron chi connectivity index (χ1n) is 7.37. The van der Waals surface area contributed by atoms with Gasteiger partial charge in [-0.2, -0.15) is 0 Å². The number of rotatable bonds is 7. The molecule has 0 aliphatic heterocycles. The lowest BCUT2D eigenvalue weighted by molar-refractivity contribution is 0.00791. The summed E-state index contributed by atoms with van der Waals surface area (Å²) in [5.41, 5.74) is 0.0546. The van der Waals surface area contributed by atoms with Gasteiger partial charge in [0.1, 0.15) is 5.75 Å². The zero-order chi connectivity index (χ0) is 15.9. The molecule has 0 saturated carbocycles. The molecule has 1 rings (SSSR count). The molecule has 2 atom stereocenters. The molecular formula is C16H26N2O3. The fourth-order valence-corrected chi connectivity index (χ4v) is 1.97. The summed E-state index contributed by atoms with van der Waals surface area (Å²) in [6, 6.07) is 6.66. The summed E-state index contributed by atoms with van der Waals surface area (Å²) in [4.78, 5) is 11.7. The molecule has 118 valence electrons. The Labute approximate surface area is 126 Å². The minimum atomic E-state index is -0.905. The smallest absolute Gasteiger partial charge is 0.314 e. The molecule has 1 aromatic carbocycles. The van der Waals surface area contributed by atoms with Gasteiger partial charge in [-0.3, -0.25) is 0 Å². The van der Waals surface area contributed by atoms with Crippen LogP contribution in [0.1, 0.15) is 32.8 Å². The Bertz CT molecular complexity index is 461. The Balaban J connectivity index is 2.28. The van der Waals surface area contributed by atoms with E-state index in [2.05, 4.69) is 10.6 Å². The van der Waals surface area contributed by atoms with Crippen LogP contribution < -0.4 is 10.6 Å². The predicted molar refractivity (Wildman–Crippen MR) is 83.3 cm³/mol. The highest BCUT2D eigenvalue weighted by atomic mass is 16.3. The molecule has 5 nitrogen and oxygen atoms in total. The molecule has 0 bridgehead atoms. The third kappa shape index (κ3) is 6.04. The van der Waals surface area contributed by atoms with E-state index in [0.717, 1.165) is 12.0 Å². The Kier molecular flexibility index (Phi) is 6.49. The summed E-state index contributed by atoms with van der Waals surface area (Å²) in [5, 5.41) is 25.0. The molecule has 5 heteroatoms. The van der Waals surface area contributed by atoms with Gasteiger partial charge in [0.05, 0.1) is 5.60 Å².